The number of hydrogen-bond donors (Lipinski definition) is 3. The van der Waals surface area contributed by atoms with Crippen molar-refractivity contribution in [2.45, 2.75) is 24.4 Å². The molecule has 11 heteroatoms. The number of aliphatic hydroxyl groups is 2. The molecule has 2 fully saturated rings. The van der Waals surface area contributed by atoms with E-state index in [0.29, 0.717) is 0 Å². The third kappa shape index (κ3) is 6.39. The van der Waals surface area contributed by atoms with Crippen molar-refractivity contribution in [1.82, 2.24) is 15.2 Å². The van der Waals surface area contributed by atoms with Crippen molar-refractivity contribution in [3.63, 3.8) is 0 Å². The van der Waals surface area contributed by atoms with Gasteiger partial charge in [-0.3, -0.25) is 9.69 Å². The van der Waals surface area contributed by atoms with Crippen molar-refractivity contribution in [3.8, 4) is 0 Å². The number of nitrogens with one attached hydrogen (secondary N) is 1. The lowest BCUT2D eigenvalue weighted by atomic mass is 10.0. The average molecular weight is 453 g/mol. The first-order valence-corrected chi connectivity index (χ1v) is 9.24. The van der Waals surface area contributed by atoms with E-state index in [2.05, 4.69) is 20.1 Å². The zero-order chi connectivity index (χ0) is 19.2. The summed E-state index contributed by atoms with van der Waals surface area (Å²) in [5.74, 6) is 0.707. The summed E-state index contributed by atoms with van der Waals surface area (Å²) in [5.41, 5.74) is 0. The predicted octanol–water partition coefficient (Wildman–Crippen LogP) is -0.701. The van der Waals surface area contributed by atoms with Gasteiger partial charge in [-0.25, -0.2) is 4.98 Å². The number of amides is 1. The van der Waals surface area contributed by atoms with Gasteiger partial charge in [0.2, 0.25) is 5.91 Å². The molecule has 0 aliphatic carbocycles. The van der Waals surface area contributed by atoms with Crippen LogP contribution >= 0.6 is 24.8 Å². The molecule has 1 amide bonds. The Kier molecular flexibility index (Phi) is 11.1. The molecule has 0 aromatic carbocycles. The Labute approximate surface area is 183 Å². The van der Waals surface area contributed by atoms with Crippen molar-refractivity contribution in [2.75, 3.05) is 57.9 Å². The summed E-state index contributed by atoms with van der Waals surface area (Å²) in [4.78, 5) is 20.5. The predicted molar refractivity (Wildman–Crippen MR) is 113 cm³/mol. The van der Waals surface area contributed by atoms with E-state index in [1.807, 2.05) is 18.2 Å². The number of aliphatic hydroxyl groups excluding tert-OH is 2. The number of ether oxygens (including phenoxy) is 2. The number of carbonyl (C=O) groups is 1. The zero-order valence-electron chi connectivity index (χ0n) is 16.3. The molecule has 0 unspecified atom stereocenters. The SMILES string of the molecule is COCC(=O)NC[C@H]1O[C@@H](CO)[C@@H](O)[C@H]1N1CCN(c2ccccn2)CC1.Cl.Cl. The van der Waals surface area contributed by atoms with Crippen molar-refractivity contribution in [2.24, 2.45) is 0 Å². The fourth-order valence-corrected chi connectivity index (χ4v) is 3.78. The van der Waals surface area contributed by atoms with Gasteiger partial charge in [-0.1, -0.05) is 6.07 Å². The van der Waals surface area contributed by atoms with Crippen LogP contribution in [0.25, 0.3) is 0 Å². The van der Waals surface area contributed by atoms with E-state index in [9.17, 15) is 15.0 Å². The minimum absolute atomic E-state index is 0. The molecule has 166 valence electrons. The van der Waals surface area contributed by atoms with E-state index in [1.54, 1.807) is 6.20 Å². The van der Waals surface area contributed by atoms with Gasteiger partial charge in [0.15, 0.2) is 0 Å². The van der Waals surface area contributed by atoms with E-state index in [1.165, 1.54) is 7.11 Å². The van der Waals surface area contributed by atoms with Gasteiger partial charge in [0.05, 0.1) is 18.8 Å². The molecule has 1 aromatic rings. The van der Waals surface area contributed by atoms with Crippen LogP contribution in [0.5, 0.6) is 0 Å². The normalized spacial score (nSPS) is 27.1. The molecule has 1 aromatic heterocycles. The monoisotopic (exact) mass is 452 g/mol. The lowest BCUT2D eigenvalue weighted by Gasteiger charge is -2.40. The summed E-state index contributed by atoms with van der Waals surface area (Å²) in [6, 6.07) is 5.56. The maximum atomic E-state index is 11.7. The fourth-order valence-electron chi connectivity index (χ4n) is 3.78. The molecular formula is C18H30Cl2N4O5. The molecule has 4 atom stereocenters. The molecule has 2 aliphatic heterocycles. The second-order valence-corrected chi connectivity index (χ2v) is 6.82. The first-order valence-electron chi connectivity index (χ1n) is 9.24. The first-order chi connectivity index (χ1) is 13.1. The standard InChI is InChI=1S/C18H28N4O5.2ClH/c1-26-12-16(24)20-10-13-17(18(25)14(11-23)27-13)22-8-6-21(7-9-22)15-4-2-3-5-19-15;;/h2-5,13-14,17-18,23,25H,6-12H2,1H3,(H,20,24);2*1H/t13-,14+,17+,18-;;/m1../s1. The molecule has 3 rings (SSSR count). The summed E-state index contributed by atoms with van der Waals surface area (Å²) in [6.07, 6.45) is -0.0610. The molecule has 9 nitrogen and oxygen atoms in total. The van der Waals surface area contributed by atoms with Crippen LogP contribution in [-0.2, 0) is 14.3 Å². The largest absolute Gasteiger partial charge is 0.394 e. The van der Waals surface area contributed by atoms with Gasteiger partial charge in [0.25, 0.3) is 0 Å². The number of hydrogen-bond acceptors (Lipinski definition) is 8. The van der Waals surface area contributed by atoms with Crippen molar-refractivity contribution in [1.29, 1.82) is 0 Å². The molecule has 29 heavy (non-hydrogen) atoms. The Morgan fingerprint density at radius 1 is 1.28 bits per heavy atom. The van der Waals surface area contributed by atoms with Gasteiger partial charge in [-0.15, -0.1) is 24.8 Å². The average Bonchev–Trinajstić information content (AvgIpc) is 3.03. The number of pyridine rings is 1. The number of aromatic nitrogens is 1. The Hall–Kier alpha value is -1.20. The van der Waals surface area contributed by atoms with Crippen LogP contribution in [-0.4, -0.2) is 103 Å². The molecule has 0 spiro atoms. The number of halogens is 2. The van der Waals surface area contributed by atoms with Gasteiger partial charge in [0.1, 0.15) is 24.6 Å². The van der Waals surface area contributed by atoms with Crippen molar-refractivity contribution < 1.29 is 24.5 Å². The quantitative estimate of drug-likeness (QED) is 0.498. The van der Waals surface area contributed by atoms with Gasteiger partial charge in [0, 0.05) is 46.0 Å². The maximum absolute atomic E-state index is 11.7. The highest BCUT2D eigenvalue weighted by Gasteiger charge is 2.46. The van der Waals surface area contributed by atoms with Crippen LogP contribution in [0.2, 0.25) is 0 Å². The van der Waals surface area contributed by atoms with Crippen LogP contribution in [0.4, 0.5) is 5.82 Å². The maximum Gasteiger partial charge on any atom is 0.246 e. The molecular weight excluding hydrogens is 423 g/mol. The Bertz CT molecular complexity index is 607. The van der Waals surface area contributed by atoms with E-state index < -0.39 is 12.2 Å². The smallest absolute Gasteiger partial charge is 0.246 e. The van der Waals surface area contributed by atoms with Crippen LogP contribution in [0, 0.1) is 0 Å². The summed E-state index contributed by atoms with van der Waals surface area (Å²) in [7, 11) is 1.46. The fraction of sp³-hybridized carbons (Fsp3) is 0.667. The second kappa shape index (κ2) is 12.5. The summed E-state index contributed by atoms with van der Waals surface area (Å²) in [6.45, 7) is 3.03. The summed E-state index contributed by atoms with van der Waals surface area (Å²) < 4.78 is 10.6. The number of carbonyl (C=O) groups excluding carboxylic acids is 1. The van der Waals surface area contributed by atoms with E-state index in [4.69, 9.17) is 9.47 Å². The zero-order valence-corrected chi connectivity index (χ0v) is 18.0. The molecule has 3 heterocycles. The first kappa shape index (κ1) is 25.8. The molecule has 3 N–H and O–H groups in total. The molecule has 0 bridgehead atoms. The summed E-state index contributed by atoms with van der Waals surface area (Å²) >= 11 is 0. The third-order valence-electron chi connectivity index (χ3n) is 5.13. The van der Waals surface area contributed by atoms with E-state index >= 15 is 0 Å². The number of nitrogens with zero attached hydrogens (tertiary/aromatic N) is 3. The molecule has 2 aliphatic rings. The van der Waals surface area contributed by atoms with Gasteiger partial charge in [-0.05, 0) is 12.1 Å². The molecule has 0 saturated carbocycles. The Morgan fingerprint density at radius 2 is 2.00 bits per heavy atom. The highest BCUT2D eigenvalue weighted by atomic mass is 35.5. The lowest BCUT2D eigenvalue weighted by Crippen LogP contribution is -2.57. The van der Waals surface area contributed by atoms with E-state index in [-0.39, 0.29) is 62.6 Å². The Morgan fingerprint density at radius 3 is 2.59 bits per heavy atom. The van der Waals surface area contributed by atoms with Crippen molar-refractivity contribution >= 4 is 36.5 Å². The Balaban J connectivity index is 0.00000210. The number of anilines is 1. The van der Waals surface area contributed by atoms with Crippen LogP contribution < -0.4 is 10.2 Å². The van der Waals surface area contributed by atoms with E-state index in [0.717, 1.165) is 32.0 Å². The van der Waals surface area contributed by atoms with Gasteiger partial charge < -0.3 is 29.9 Å². The highest BCUT2D eigenvalue weighted by molar-refractivity contribution is 5.85. The van der Waals surface area contributed by atoms with Gasteiger partial charge in [-0.2, -0.15) is 0 Å². The molecule has 0 radical (unpaired) electrons. The molecule has 2 saturated heterocycles. The number of methoxy groups -OCH3 is 1. The van der Waals surface area contributed by atoms with Gasteiger partial charge >= 0.3 is 0 Å². The van der Waals surface area contributed by atoms with Crippen LogP contribution in [0.3, 0.4) is 0 Å². The third-order valence-corrected chi connectivity index (χ3v) is 5.13. The summed E-state index contributed by atoms with van der Waals surface area (Å²) in [5, 5.41) is 22.9. The lowest BCUT2D eigenvalue weighted by molar-refractivity contribution is -0.125. The minimum Gasteiger partial charge on any atom is -0.394 e. The number of rotatable bonds is 7. The van der Waals surface area contributed by atoms with Crippen LogP contribution in [0.1, 0.15) is 0 Å². The number of piperazine rings is 1. The topological polar surface area (TPSA) is 107 Å². The highest BCUT2D eigenvalue weighted by Crippen LogP contribution is 2.27. The van der Waals surface area contributed by atoms with Crippen LogP contribution in [0.15, 0.2) is 24.4 Å². The second-order valence-electron chi connectivity index (χ2n) is 6.82. The van der Waals surface area contributed by atoms with Crippen molar-refractivity contribution in [3.05, 3.63) is 24.4 Å². The minimum atomic E-state index is -0.805.